The molecule has 0 spiro atoms. The molecule has 80 valence electrons. The largest absolute Gasteiger partial charge is 0.225 e. The number of rotatable bonds is 3. The Morgan fingerprint density at radius 1 is 1.36 bits per heavy atom. The third-order valence-corrected chi connectivity index (χ3v) is 3.82. The summed E-state index contributed by atoms with van der Waals surface area (Å²) in [7, 11) is -3.36. The van der Waals surface area contributed by atoms with E-state index in [4.69, 9.17) is 5.26 Å². The SMILES string of the molecule is CC1CCC(NS(=O)(=O)CC#N)CC1. The molecule has 0 aromatic carbocycles. The van der Waals surface area contributed by atoms with Crippen molar-refractivity contribution >= 4 is 10.0 Å². The Bertz CT molecular complexity index is 310. The smallest absolute Gasteiger partial charge is 0.211 e. The van der Waals surface area contributed by atoms with Gasteiger partial charge < -0.3 is 0 Å². The van der Waals surface area contributed by atoms with Gasteiger partial charge in [-0.25, -0.2) is 13.1 Å². The first kappa shape index (κ1) is 11.5. The number of nitrogens with one attached hydrogen (secondary N) is 1. The molecule has 0 atom stereocenters. The first-order chi connectivity index (χ1) is 6.53. The summed E-state index contributed by atoms with van der Waals surface area (Å²) in [6, 6.07) is 1.70. The van der Waals surface area contributed by atoms with Gasteiger partial charge in [-0.3, -0.25) is 0 Å². The lowest BCUT2D eigenvalue weighted by Crippen LogP contribution is -2.38. The van der Waals surface area contributed by atoms with Gasteiger partial charge in [0.1, 0.15) is 0 Å². The van der Waals surface area contributed by atoms with Gasteiger partial charge in [0, 0.05) is 6.04 Å². The lowest BCUT2D eigenvalue weighted by Gasteiger charge is -2.26. The summed E-state index contributed by atoms with van der Waals surface area (Å²) in [5.41, 5.74) is 0. The molecule has 4 nitrogen and oxygen atoms in total. The Morgan fingerprint density at radius 2 is 1.93 bits per heavy atom. The van der Waals surface area contributed by atoms with Crippen molar-refractivity contribution in [1.29, 1.82) is 5.26 Å². The Hall–Kier alpha value is -0.600. The molecule has 14 heavy (non-hydrogen) atoms. The molecule has 0 aromatic heterocycles. The van der Waals surface area contributed by atoms with E-state index < -0.39 is 15.8 Å². The van der Waals surface area contributed by atoms with Crippen LogP contribution in [0, 0.1) is 17.2 Å². The molecule has 0 bridgehead atoms. The minimum absolute atomic E-state index is 0.0459. The van der Waals surface area contributed by atoms with Crippen LogP contribution in [-0.4, -0.2) is 20.2 Å². The third-order valence-electron chi connectivity index (χ3n) is 2.62. The number of sulfonamides is 1. The molecule has 0 aliphatic heterocycles. The number of hydrogen-bond donors (Lipinski definition) is 1. The van der Waals surface area contributed by atoms with Crippen molar-refractivity contribution in [3.8, 4) is 6.07 Å². The van der Waals surface area contributed by atoms with Crippen molar-refractivity contribution in [3.63, 3.8) is 0 Å². The van der Waals surface area contributed by atoms with E-state index in [2.05, 4.69) is 11.6 Å². The summed E-state index contributed by atoms with van der Waals surface area (Å²) in [6.45, 7) is 2.18. The molecule has 0 saturated heterocycles. The predicted molar refractivity (Wildman–Crippen MR) is 54.0 cm³/mol. The van der Waals surface area contributed by atoms with Crippen molar-refractivity contribution in [2.24, 2.45) is 5.92 Å². The van der Waals surface area contributed by atoms with Crippen LogP contribution in [0.5, 0.6) is 0 Å². The zero-order valence-electron chi connectivity index (χ0n) is 8.36. The van der Waals surface area contributed by atoms with Crippen LogP contribution in [0.25, 0.3) is 0 Å². The van der Waals surface area contributed by atoms with Gasteiger partial charge in [-0.15, -0.1) is 0 Å². The average Bonchev–Trinajstić information content (AvgIpc) is 2.08. The van der Waals surface area contributed by atoms with E-state index in [-0.39, 0.29) is 6.04 Å². The van der Waals surface area contributed by atoms with Crippen molar-refractivity contribution in [2.75, 3.05) is 5.75 Å². The van der Waals surface area contributed by atoms with Crippen LogP contribution in [0.3, 0.4) is 0 Å². The van der Waals surface area contributed by atoms with Gasteiger partial charge in [0.25, 0.3) is 0 Å². The summed E-state index contributed by atoms with van der Waals surface area (Å²) in [5, 5.41) is 8.30. The normalized spacial score (nSPS) is 28.3. The Labute approximate surface area is 85.4 Å². The maximum Gasteiger partial charge on any atom is 0.225 e. The fraction of sp³-hybridized carbons (Fsp3) is 0.889. The van der Waals surface area contributed by atoms with Gasteiger partial charge in [0.2, 0.25) is 10.0 Å². The number of nitriles is 1. The third kappa shape index (κ3) is 3.64. The van der Waals surface area contributed by atoms with E-state index in [0.717, 1.165) is 25.7 Å². The molecule has 5 heteroatoms. The molecule has 1 rings (SSSR count). The highest BCUT2D eigenvalue weighted by molar-refractivity contribution is 7.89. The van der Waals surface area contributed by atoms with Crippen LogP contribution in [-0.2, 0) is 10.0 Å². The van der Waals surface area contributed by atoms with Crippen LogP contribution >= 0.6 is 0 Å². The molecule has 1 aliphatic rings. The van der Waals surface area contributed by atoms with Gasteiger partial charge >= 0.3 is 0 Å². The summed E-state index contributed by atoms with van der Waals surface area (Å²) in [6.07, 6.45) is 3.93. The maximum absolute atomic E-state index is 11.2. The average molecular weight is 216 g/mol. The van der Waals surface area contributed by atoms with E-state index in [1.807, 2.05) is 0 Å². The lowest BCUT2D eigenvalue weighted by molar-refractivity contribution is 0.332. The predicted octanol–water partition coefficient (Wildman–Crippen LogP) is 1.01. The molecule has 0 radical (unpaired) electrons. The van der Waals surface area contributed by atoms with Crippen LogP contribution < -0.4 is 4.72 Å². The molecular formula is C9H16N2O2S. The topological polar surface area (TPSA) is 70.0 Å². The highest BCUT2D eigenvalue weighted by Gasteiger charge is 2.22. The highest BCUT2D eigenvalue weighted by Crippen LogP contribution is 2.23. The van der Waals surface area contributed by atoms with Gasteiger partial charge in [-0.1, -0.05) is 6.92 Å². The molecule has 1 aliphatic carbocycles. The quantitative estimate of drug-likeness (QED) is 0.765. The first-order valence-electron chi connectivity index (χ1n) is 4.90. The standard InChI is InChI=1S/C9H16N2O2S/c1-8-2-4-9(5-3-8)11-14(12,13)7-6-10/h8-9,11H,2-5,7H2,1H3. The highest BCUT2D eigenvalue weighted by atomic mass is 32.2. The van der Waals surface area contributed by atoms with E-state index in [1.54, 1.807) is 6.07 Å². The lowest BCUT2D eigenvalue weighted by atomic mass is 9.88. The molecule has 1 fully saturated rings. The zero-order valence-corrected chi connectivity index (χ0v) is 9.18. The molecule has 0 aromatic rings. The van der Waals surface area contributed by atoms with E-state index in [0.29, 0.717) is 5.92 Å². The van der Waals surface area contributed by atoms with Crippen LogP contribution in [0.1, 0.15) is 32.6 Å². The Morgan fingerprint density at radius 3 is 2.43 bits per heavy atom. The molecular weight excluding hydrogens is 200 g/mol. The zero-order chi connectivity index (χ0) is 10.6. The van der Waals surface area contributed by atoms with Crippen LogP contribution in [0.4, 0.5) is 0 Å². The van der Waals surface area contributed by atoms with Gasteiger partial charge in [-0.2, -0.15) is 5.26 Å². The van der Waals surface area contributed by atoms with Gasteiger partial charge in [-0.05, 0) is 31.6 Å². The summed E-state index contributed by atoms with van der Waals surface area (Å²) in [4.78, 5) is 0. The Balaban J connectivity index is 2.42. The van der Waals surface area contributed by atoms with E-state index in [9.17, 15) is 8.42 Å². The monoisotopic (exact) mass is 216 g/mol. The molecule has 0 amide bonds. The number of hydrogen-bond acceptors (Lipinski definition) is 3. The minimum atomic E-state index is -3.36. The second-order valence-electron chi connectivity index (χ2n) is 3.99. The minimum Gasteiger partial charge on any atom is -0.211 e. The van der Waals surface area contributed by atoms with Gasteiger partial charge in [0.05, 0.1) is 6.07 Å². The van der Waals surface area contributed by atoms with E-state index >= 15 is 0 Å². The van der Waals surface area contributed by atoms with E-state index in [1.165, 1.54) is 0 Å². The number of nitrogens with zero attached hydrogens (tertiary/aromatic N) is 1. The van der Waals surface area contributed by atoms with Crippen LogP contribution in [0.15, 0.2) is 0 Å². The Kier molecular flexibility index (Phi) is 3.90. The summed E-state index contributed by atoms with van der Waals surface area (Å²) in [5.74, 6) is 0.269. The molecule has 1 saturated carbocycles. The van der Waals surface area contributed by atoms with Crippen molar-refractivity contribution in [3.05, 3.63) is 0 Å². The van der Waals surface area contributed by atoms with Gasteiger partial charge in [0.15, 0.2) is 5.75 Å². The molecule has 0 heterocycles. The second-order valence-corrected chi connectivity index (χ2v) is 5.75. The maximum atomic E-state index is 11.2. The van der Waals surface area contributed by atoms with Crippen molar-refractivity contribution in [2.45, 2.75) is 38.6 Å². The fourth-order valence-electron chi connectivity index (χ4n) is 1.76. The van der Waals surface area contributed by atoms with Crippen molar-refractivity contribution in [1.82, 2.24) is 4.72 Å². The molecule has 0 unspecified atom stereocenters. The summed E-state index contributed by atoms with van der Waals surface area (Å²) >= 11 is 0. The summed E-state index contributed by atoms with van der Waals surface area (Å²) < 4.78 is 25.1. The fourth-order valence-corrected chi connectivity index (χ4v) is 2.76. The van der Waals surface area contributed by atoms with Crippen LogP contribution in [0.2, 0.25) is 0 Å². The molecule has 1 N–H and O–H groups in total. The first-order valence-corrected chi connectivity index (χ1v) is 6.55. The second kappa shape index (κ2) is 4.76. The van der Waals surface area contributed by atoms with Crippen molar-refractivity contribution < 1.29 is 8.42 Å².